The minimum absolute atomic E-state index is 0.139. The second kappa shape index (κ2) is 2.77. The van der Waals surface area contributed by atoms with Gasteiger partial charge in [0.2, 0.25) is 0 Å². The van der Waals surface area contributed by atoms with Crippen LogP contribution in [0.2, 0.25) is 0 Å². The molecule has 0 aliphatic heterocycles. The Bertz CT molecular complexity index is 242. The van der Waals surface area contributed by atoms with Gasteiger partial charge in [0.25, 0.3) is 0 Å². The summed E-state index contributed by atoms with van der Waals surface area (Å²) in [6.07, 6.45) is -5.23. The van der Waals surface area contributed by atoms with E-state index >= 15 is 0 Å². The van der Waals surface area contributed by atoms with Crippen molar-refractivity contribution < 1.29 is 13.2 Å². The number of aryl methyl sites for hydroxylation is 1. The van der Waals surface area contributed by atoms with Gasteiger partial charge in [-0.25, -0.2) is 4.98 Å². The van der Waals surface area contributed by atoms with E-state index in [9.17, 15) is 13.2 Å². The molecule has 0 spiro atoms. The summed E-state index contributed by atoms with van der Waals surface area (Å²) in [6, 6.07) is 0. The summed E-state index contributed by atoms with van der Waals surface area (Å²) >= 11 is 0.984. The average molecular weight is 182 g/mol. The minimum atomic E-state index is -4.20. The molecule has 0 unspecified atom stereocenters. The van der Waals surface area contributed by atoms with Gasteiger partial charge in [0.05, 0.1) is 0 Å². The fourth-order valence-corrected chi connectivity index (χ4v) is 1.08. The quantitative estimate of drug-likeness (QED) is 0.663. The number of aromatic nitrogens is 2. The maximum absolute atomic E-state index is 11.7. The standard InChI is InChI=1S/C5H5F3N2S/c1-3-9-4(10-11-3)2-5(6,7)8/h2H2,1H3. The highest BCUT2D eigenvalue weighted by molar-refractivity contribution is 7.05. The summed E-state index contributed by atoms with van der Waals surface area (Å²) in [7, 11) is 0. The normalized spacial score (nSPS) is 12.0. The van der Waals surface area contributed by atoms with Crippen molar-refractivity contribution in [2.45, 2.75) is 19.5 Å². The summed E-state index contributed by atoms with van der Waals surface area (Å²) in [5.74, 6) is -0.139. The zero-order valence-electron chi connectivity index (χ0n) is 5.64. The summed E-state index contributed by atoms with van der Waals surface area (Å²) < 4.78 is 38.5. The number of hydrogen-bond donors (Lipinski definition) is 0. The van der Waals surface area contributed by atoms with Gasteiger partial charge in [-0.15, -0.1) is 0 Å². The third-order valence-electron chi connectivity index (χ3n) is 0.928. The number of rotatable bonds is 1. The molecule has 1 aromatic rings. The van der Waals surface area contributed by atoms with Crippen LogP contribution in [0.4, 0.5) is 13.2 Å². The van der Waals surface area contributed by atoms with E-state index in [1.807, 2.05) is 0 Å². The van der Waals surface area contributed by atoms with Gasteiger partial charge in [0.15, 0.2) is 5.82 Å². The van der Waals surface area contributed by atoms with Crippen LogP contribution >= 0.6 is 11.5 Å². The lowest BCUT2D eigenvalue weighted by atomic mass is 10.4. The number of halogens is 3. The van der Waals surface area contributed by atoms with Crippen molar-refractivity contribution in [1.29, 1.82) is 0 Å². The van der Waals surface area contributed by atoms with E-state index in [2.05, 4.69) is 9.36 Å². The summed E-state index contributed by atoms with van der Waals surface area (Å²) in [5.41, 5.74) is 0. The Morgan fingerprint density at radius 1 is 1.45 bits per heavy atom. The van der Waals surface area contributed by atoms with Gasteiger partial charge in [-0.3, -0.25) is 0 Å². The zero-order chi connectivity index (χ0) is 8.48. The van der Waals surface area contributed by atoms with Crippen molar-refractivity contribution in [1.82, 2.24) is 9.36 Å². The third-order valence-corrected chi connectivity index (χ3v) is 1.59. The number of nitrogens with zero attached hydrogens (tertiary/aromatic N) is 2. The molecule has 2 nitrogen and oxygen atoms in total. The molecular formula is C5H5F3N2S. The Kier molecular flexibility index (Phi) is 2.12. The number of alkyl halides is 3. The van der Waals surface area contributed by atoms with Crippen molar-refractivity contribution in [3.63, 3.8) is 0 Å². The lowest BCUT2D eigenvalue weighted by Crippen LogP contribution is -2.12. The second-order valence-corrected chi connectivity index (χ2v) is 2.98. The molecule has 0 saturated heterocycles. The Hall–Kier alpha value is -0.650. The lowest BCUT2D eigenvalue weighted by molar-refractivity contribution is -0.128. The van der Waals surface area contributed by atoms with Gasteiger partial charge in [0, 0.05) is 0 Å². The fraction of sp³-hybridized carbons (Fsp3) is 0.600. The van der Waals surface area contributed by atoms with Gasteiger partial charge < -0.3 is 0 Å². The molecule has 0 bridgehead atoms. The smallest absolute Gasteiger partial charge is 0.225 e. The topological polar surface area (TPSA) is 25.8 Å². The van der Waals surface area contributed by atoms with E-state index in [0.717, 1.165) is 11.5 Å². The molecule has 1 rings (SSSR count). The van der Waals surface area contributed by atoms with Crippen LogP contribution in [-0.2, 0) is 6.42 Å². The first-order valence-electron chi connectivity index (χ1n) is 2.83. The Morgan fingerprint density at radius 2 is 2.09 bits per heavy atom. The van der Waals surface area contributed by atoms with Crippen molar-refractivity contribution in [2.24, 2.45) is 0 Å². The van der Waals surface area contributed by atoms with Gasteiger partial charge in [-0.05, 0) is 18.5 Å². The molecule has 0 atom stereocenters. The first kappa shape index (κ1) is 8.45. The predicted octanol–water partition coefficient (Wildman–Crippen LogP) is 1.95. The minimum Gasteiger partial charge on any atom is -0.225 e. The summed E-state index contributed by atoms with van der Waals surface area (Å²) in [5, 5.41) is 0.559. The molecule has 0 saturated carbocycles. The Labute approximate surface area is 65.2 Å². The summed E-state index contributed by atoms with van der Waals surface area (Å²) in [6.45, 7) is 1.62. The molecule has 62 valence electrons. The maximum atomic E-state index is 11.7. The van der Waals surface area contributed by atoms with Gasteiger partial charge in [-0.1, -0.05) is 0 Å². The van der Waals surface area contributed by atoms with Crippen LogP contribution in [0.3, 0.4) is 0 Å². The van der Waals surface area contributed by atoms with Gasteiger partial charge >= 0.3 is 6.18 Å². The molecule has 0 aromatic carbocycles. The van der Waals surface area contributed by atoms with Crippen LogP contribution in [0, 0.1) is 6.92 Å². The van der Waals surface area contributed by atoms with E-state index in [1.165, 1.54) is 0 Å². The molecule has 0 fully saturated rings. The largest absolute Gasteiger partial charge is 0.396 e. The Balaban J connectivity index is 2.65. The van der Waals surface area contributed by atoms with E-state index < -0.39 is 12.6 Å². The van der Waals surface area contributed by atoms with Crippen LogP contribution in [-0.4, -0.2) is 15.5 Å². The maximum Gasteiger partial charge on any atom is 0.396 e. The van der Waals surface area contributed by atoms with Crippen LogP contribution in [0.5, 0.6) is 0 Å². The van der Waals surface area contributed by atoms with Crippen molar-refractivity contribution in [2.75, 3.05) is 0 Å². The monoisotopic (exact) mass is 182 g/mol. The molecular weight excluding hydrogens is 177 g/mol. The molecule has 0 radical (unpaired) electrons. The van der Waals surface area contributed by atoms with Crippen LogP contribution in [0.1, 0.15) is 10.8 Å². The molecule has 0 N–H and O–H groups in total. The van der Waals surface area contributed by atoms with Crippen molar-refractivity contribution >= 4 is 11.5 Å². The first-order chi connectivity index (χ1) is 4.97. The number of hydrogen-bond acceptors (Lipinski definition) is 3. The molecule has 0 aliphatic carbocycles. The highest BCUT2D eigenvalue weighted by atomic mass is 32.1. The van der Waals surface area contributed by atoms with Gasteiger partial charge in [-0.2, -0.15) is 17.5 Å². The van der Waals surface area contributed by atoms with Crippen LogP contribution in [0.15, 0.2) is 0 Å². The van der Waals surface area contributed by atoms with E-state index in [1.54, 1.807) is 6.92 Å². The molecule has 0 amide bonds. The van der Waals surface area contributed by atoms with Gasteiger partial charge in [0.1, 0.15) is 11.4 Å². The predicted molar refractivity (Wildman–Crippen MR) is 34.4 cm³/mol. The van der Waals surface area contributed by atoms with Crippen molar-refractivity contribution in [3.05, 3.63) is 10.8 Å². The highest BCUT2D eigenvalue weighted by Gasteiger charge is 2.29. The van der Waals surface area contributed by atoms with E-state index in [4.69, 9.17) is 0 Å². The average Bonchev–Trinajstić information content (AvgIpc) is 2.10. The first-order valence-corrected chi connectivity index (χ1v) is 3.60. The van der Waals surface area contributed by atoms with E-state index in [0.29, 0.717) is 5.01 Å². The molecule has 11 heavy (non-hydrogen) atoms. The highest BCUT2D eigenvalue weighted by Crippen LogP contribution is 2.20. The van der Waals surface area contributed by atoms with Crippen LogP contribution in [0.25, 0.3) is 0 Å². The molecule has 0 aliphatic rings. The fourth-order valence-electron chi connectivity index (χ4n) is 0.592. The van der Waals surface area contributed by atoms with Crippen LogP contribution < -0.4 is 0 Å². The molecule has 1 aromatic heterocycles. The molecule has 6 heteroatoms. The third kappa shape index (κ3) is 2.83. The SMILES string of the molecule is Cc1nc(CC(F)(F)F)ns1. The summed E-state index contributed by atoms with van der Waals surface area (Å²) in [4.78, 5) is 3.58. The zero-order valence-corrected chi connectivity index (χ0v) is 6.46. The Morgan fingerprint density at radius 3 is 2.45 bits per heavy atom. The van der Waals surface area contributed by atoms with Crippen molar-refractivity contribution in [3.8, 4) is 0 Å². The van der Waals surface area contributed by atoms with E-state index in [-0.39, 0.29) is 5.82 Å². The lowest BCUT2D eigenvalue weighted by Gasteiger charge is -2.00. The second-order valence-electron chi connectivity index (χ2n) is 2.02. The molecule has 1 heterocycles.